The Kier molecular flexibility index (Phi) is 7.69. The second kappa shape index (κ2) is 10.3. The van der Waals surface area contributed by atoms with Crippen molar-refractivity contribution in [1.82, 2.24) is 9.62 Å². The van der Waals surface area contributed by atoms with Crippen molar-refractivity contribution in [2.75, 3.05) is 18.4 Å². The molecule has 1 atom stereocenters. The predicted molar refractivity (Wildman–Crippen MR) is 125 cm³/mol. The summed E-state index contributed by atoms with van der Waals surface area (Å²) in [6, 6.07) is 12.3. The van der Waals surface area contributed by atoms with Crippen molar-refractivity contribution >= 4 is 27.5 Å². The van der Waals surface area contributed by atoms with Crippen LogP contribution in [-0.2, 0) is 19.6 Å². The van der Waals surface area contributed by atoms with E-state index in [9.17, 15) is 18.0 Å². The van der Waals surface area contributed by atoms with Crippen LogP contribution >= 0.6 is 0 Å². The summed E-state index contributed by atoms with van der Waals surface area (Å²) in [7, 11) is -3.60. The molecule has 1 fully saturated rings. The van der Waals surface area contributed by atoms with E-state index in [2.05, 4.69) is 10.6 Å². The zero-order valence-electron chi connectivity index (χ0n) is 18.8. The highest BCUT2D eigenvalue weighted by molar-refractivity contribution is 7.89. The highest BCUT2D eigenvalue weighted by Crippen LogP contribution is 2.27. The van der Waals surface area contributed by atoms with Gasteiger partial charge < -0.3 is 10.6 Å². The Morgan fingerprint density at radius 1 is 0.969 bits per heavy atom. The van der Waals surface area contributed by atoms with Crippen molar-refractivity contribution in [3.8, 4) is 0 Å². The number of piperidine rings is 1. The quantitative estimate of drug-likeness (QED) is 0.651. The lowest BCUT2D eigenvalue weighted by Gasteiger charge is -2.34. The SMILES string of the molecule is Cc1ccc(S(=O)(=O)N2CCCC[C@@H]2CCNC(=O)C(=O)Nc2c(C)cccc2C)cc1. The molecule has 1 saturated heterocycles. The molecule has 2 aromatic rings. The number of anilines is 1. The lowest BCUT2D eigenvalue weighted by atomic mass is 10.0. The lowest BCUT2D eigenvalue weighted by molar-refractivity contribution is -0.136. The normalized spacial score (nSPS) is 17.0. The summed E-state index contributed by atoms with van der Waals surface area (Å²) >= 11 is 0. The maximum absolute atomic E-state index is 13.2. The summed E-state index contributed by atoms with van der Waals surface area (Å²) in [6.07, 6.45) is 2.93. The van der Waals surface area contributed by atoms with E-state index < -0.39 is 21.8 Å². The van der Waals surface area contributed by atoms with E-state index in [4.69, 9.17) is 0 Å². The van der Waals surface area contributed by atoms with Crippen molar-refractivity contribution in [3.63, 3.8) is 0 Å². The van der Waals surface area contributed by atoms with Crippen LogP contribution in [0.25, 0.3) is 0 Å². The van der Waals surface area contributed by atoms with Crippen LogP contribution in [0.2, 0.25) is 0 Å². The molecule has 8 heteroatoms. The van der Waals surface area contributed by atoms with E-state index in [0.717, 1.165) is 36.0 Å². The molecule has 0 unspecified atom stereocenters. The van der Waals surface area contributed by atoms with Crippen LogP contribution in [0.1, 0.15) is 42.4 Å². The molecule has 1 heterocycles. The van der Waals surface area contributed by atoms with Gasteiger partial charge in [0.05, 0.1) is 4.90 Å². The minimum absolute atomic E-state index is 0.211. The molecule has 7 nitrogen and oxygen atoms in total. The smallest absolute Gasteiger partial charge is 0.313 e. The molecule has 0 aromatic heterocycles. The maximum atomic E-state index is 13.2. The molecule has 0 spiro atoms. The third-order valence-electron chi connectivity index (χ3n) is 5.89. The third-order valence-corrected chi connectivity index (χ3v) is 7.86. The van der Waals surface area contributed by atoms with Crippen LogP contribution in [0.15, 0.2) is 47.4 Å². The number of hydrogen-bond donors (Lipinski definition) is 2. The van der Waals surface area contributed by atoms with Crippen LogP contribution in [0.3, 0.4) is 0 Å². The monoisotopic (exact) mass is 457 g/mol. The van der Waals surface area contributed by atoms with Gasteiger partial charge in [-0.15, -0.1) is 0 Å². The molecule has 3 rings (SSSR count). The van der Waals surface area contributed by atoms with Gasteiger partial charge in [0.1, 0.15) is 0 Å². The summed E-state index contributed by atoms with van der Waals surface area (Å²) in [5, 5.41) is 5.30. The first-order valence-electron chi connectivity index (χ1n) is 10.9. The van der Waals surface area contributed by atoms with Gasteiger partial charge in [0, 0.05) is 24.8 Å². The molecule has 0 radical (unpaired) electrons. The first-order valence-corrected chi connectivity index (χ1v) is 12.4. The van der Waals surface area contributed by atoms with Crippen LogP contribution in [-0.4, -0.2) is 43.7 Å². The molecule has 2 N–H and O–H groups in total. The second-order valence-electron chi connectivity index (χ2n) is 8.34. The van der Waals surface area contributed by atoms with E-state index in [1.165, 1.54) is 0 Å². The number of sulfonamides is 1. The number of nitrogens with one attached hydrogen (secondary N) is 2. The highest BCUT2D eigenvalue weighted by Gasteiger charge is 2.33. The van der Waals surface area contributed by atoms with Crippen LogP contribution in [0, 0.1) is 20.8 Å². The number of hydrogen-bond acceptors (Lipinski definition) is 4. The first kappa shape index (κ1) is 23.9. The van der Waals surface area contributed by atoms with E-state index >= 15 is 0 Å². The van der Waals surface area contributed by atoms with Crippen molar-refractivity contribution in [1.29, 1.82) is 0 Å². The summed E-state index contributed by atoms with van der Waals surface area (Å²) < 4.78 is 27.9. The molecular formula is C24H31N3O4S. The van der Waals surface area contributed by atoms with Crippen molar-refractivity contribution in [3.05, 3.63) is 59.2 Å². The van der Waals surface area contributed by atoms with E-state index in [1.54, 1.807) is 28.6 Å². The molecule has 0 bridgehead atoms. The van der Waals surface area contributed by atoms with Gasteiger partial charge in [-0.25, -0.2) is 8.42 Å². The molecule has 0 aliphatic carbocycles. The molecular weight excluding hydrogens is 426 g/mol. The van der Waals surface area contributed by atoms with Gasteiger partial charge in [-0.3, -0.25) is 9.59 Å². The molecule has 2 amide bonds. The Morgan fingerprint density at radius 3 is 2.28 bits per heavy atom. The number of carbonyl (C=O) groups excluding carboxylic acids is 2. The van der Waals surface area contributed by atoms with E-state index in [0.29, 0.717) is 18.7 Å². The Bertz CT molecular complexity index is 1060. The number of benzene rings is 2. The Hall–Kier alpha value is -2.71. The summed E-state index contributed by atoms with van der Waals surface area (Å²) in [6.45, 7) is 6.34. The standard InChI is InChI=1S/C24H31N3O4S/c1-17-10-12-21(13-11-17)32(30,31)27-16-5-4-9-20(27)14-15-25-23(28)24(29)26-22-18(2)7-6-8-19(22)3/h6-8,10-13,20H,4-5,9,14-16H2,1-3H3,(H,25,28)(H,26,29)/t20-/m1/s1. The molecule has 1 aliphatic rings. The average Bonchev–Trinajstić information content (AvgIpc) is 2.76. The lowest BCUT2D eigenvalue weighted by Crippen LogP contribution is -2.45. The fourth-order valence-electron chi connectivity index (χ4n) is 4.04. The average molecular weight is 458 g/mol. The van der Waals surface area contributed by atoms with Gasteiger partial charge in [0.15, 0.2) is 0 Å². The number of rotatable bonds is 6. The molecule has 172 valence electrons. The van der Waals surface area contributed by atoms with E-state index in [1.807, 2.05) is 39.0 Å². The zero-order chi connectivity index (χ0) is 23.3. The second-order valence-corrected chi connectivity index (χ2v) is 10.2. The minimum atomic E-state index is -3.60. The molecule has 2 aromatic carbocycles. The Labute approximate surface area is 190 Å². The number of para-hydroxylation sites is 1. The van der Waals surface area contributed by atoms with Crippen molar-refractivity contribution < 1.29 is 18.0 Å². The van der Waals surface area contributed by atoms with E-state index in [-0.39, 0.29) is 17.5 Å². The van der Waals surface area contributed by atoms with Crippen LogP contribution < -0.4 is 10.6 Å². The number of nitrogens with zero attached hydrogens (tertiary/aromatic N) is 1. The van der Waals surface area contributed by atoms with Gasteiger partial charge >= 0.3 is 11.8 Å². The summed E-state index contributed by atoms with van der Waals surface area (Å²) in [5.74, 6) is -1.45. The van der Waals surface area contributed by atoms with Gasteiger partial charge in [-0.05, 0) is 63.3 Å². The van der Waals surface area contributed by atoms with Gasteiger partial charge in [-0.2, -0.15) is 4.31 Å². The Morgan fingerprint density at radius 2 is 1.62 bits per heavy atom. The maximum Gasteiger partial charge on any atom is 0.313 e. The van der Waals surface area contributed by atoms with Gasteiger partial charge in [0.2, 0.25) is 10.0 Å². The summed E-state index contributed by atoms with van der Waals surface area (Å²) in [5.41, 5.74) is 3.40. The first-order chi connectivity index (χ1) is 15.2. The molecule has 32 heavy (non-hydrogen) atoms. The minimum Gasteiger partial charge on any atom is -0.348 e. The highest BCUT2D eigenvalue weighted by atomic mass is 32.2. The third kappa shape index (κ3) is 5.55. The van der Waals surface area contributed by atoms with Crippen molar-refractivity contribution in [2.45, 2.75) is 57.4 Å². The molecule has 1 aliphatic heterocycles. The number of amides is 2. The van der Waals surface area contributed by atoms with Crippen molar-refractivity contribution in [2.24, 2.45) is 0 Å². The van der Waals surface area contributed by atoms with Gasteiger partial charge in [-0.1, -0.05) is 42.3 Å². The van der Waals surface area contributed by atoms with Crippen LogP contribution in [0.5, 0.6) is 0 Å². The number of aryl methyl sites for hydroxylation is 3. The van der Waals surface area contributed by atoms with Gasteiger partial charge in [0.25, 0.3) is 0 Å². The largest absolute Gasteiger partial charge is 0.348 e. The molecule has 0 saturated carbocycles. The summed E-state index contributed by atoms with van der Waals surface area (Å²) in [4.78, 5) is 24.9. The topological polar surface area (TPSA) is 95.6 Å². The fraction of sp³-hybridized carbons (Fsp3) is 0.417. The fourth-order valence-corrected chi connectivity index (χ4v) is 5.76. The Balaban J connectivity index is 1.59. The van der Waals surface area contributed by atoms with Crippen LogP contribution in [0.4, 0.5) is 5.69 Å². The predicted octanol–water partition coefficient (Wildman–Crippen LogP) is 3.30. The zero-order valence-corrected chi connectivity index (χ0v) is 19.7. The number of carbonyl (C=O) groups is 2.